The number of anilines is 1. The molecule has 0 aromatic carbocycles. The Kier molecular flexibility index (Phi) is 4.46. The van der Waals surface area contributed by atoms with Crippen LogP contribution in [0.4, 0.5) is 5.82 Å². The van der Waals surface area contributed by atoms with Crippen LogP contribution in [0.25, 0.3) is 10.7 Å². The molecule has 2 aromatic rings. The quantitative estimate of drug-likeness (QED) is 0.903. The van der Waals surface area contributed by atoms with Crippen molar-refractivity contribution in [2.24, 2.45) is 0 Å². The van der Waals surface area contributed by atoms with Crippen LogP contribution in [0.3, 0.4) is 0 Å². The van der Waals surface area contributed by atoms with Crippen molar-refractivity contribution in [3.63, 3.8) is 0 Å². The fourth-order valence-electron chi connectivity index (χ4n) is 1.72. The molecule has 0 radical (unpaired) electrons. The Morgan fingerprint density at radius 3 is 2.55 bits per heavy atom. The number of hydrogen-bond donors (Lipinski definition) is 1. The molecule has 0 aliphatic carbocycles. The van der Waals surface area contributed by atoms with Gasteiger partial charge in [-0.1, -0.05) is 20.8 Å². The van der Waals surface area contributed by atoms with Crippen molar-refractivity contribution in [1.82, 2.24) is 9.97 Å². The summed E-state index contributed by atoms with van der Waals surface area (Å²) in [5.41, 5.74) is 6.82. The molecular weight excluding hydrogens is 338 g/mol. The standard InChI is InChI=1S/C14H18BrN3OS/c1-14(2,3)10-6-5-9(20-10)13-17-8(7-19-4)11(15)12(16)18-13/h5-6H,7H2,1-4H3,(H2,16,17,18). The van der Waals surface area contributed by atoms with E-state index in [0.717, 1.165) is 10.6 Å². The average molecular weight is 356 g/mol. The first-order valence-corrected chi connectivity index (χ1v) is 7.85. The number of hydrogen-bond acceptors (Lipinski definition) is 5. The summed E-state index contributed by atoms with van der Waals surface area (Å²) in [6, 6.07) is 4.17. The summed E-state index contributed by atoms with van der Waals surface area (Å²) in [4.78, 5) is 11.2. The largest absolute Gasteiger partial charge is 0.383 e. The summed E-state index contributed by atoms with van der Waals surface area (Å²) in [5.74, 6) is 1.09. The molecule has 0 amide bonds. The van der Waals surface area contributed by atoms with Crippen molar-refractivity contribution in [2.75, 3.05) is 12.8 Å². The van der Waals surface area contributed by atoms with Crippen molar-refractivity contribution in [3.8, 4) is 10.7 Å². The van der Waals surface area contributed by atoms with Crippen LogP contribution in [0.2, 0.25) is 0 Å². The Labute approximate surface area is 131 Å². The van der Waals surface area contributed by atoms with Gasteiger partial charge in [-0.25, -0.2) is 9.97 Å². The second-order valence-corrected chi connectivity index (χ2v) is 7.42. The van der Waals surface area contributed by atoms with Gasteiger partial charge in [0.2, 0.25) is 0 Å². The zero-order valence-corrected chi connectivity index (χ0v) is 14.4. The molecule has 0 fully saturated rings. The maximum absolute atomic E-state index is 5.93. The number of thiophene rings is 1. The fraction of sp³-hybridized carbons (Fsp3) is 0.429. The van der Waals surface area contributed by atoms with Crippen LogP contribution < -0.4 is 5.73 Å². The zero-order valence-electron chi connectivity index (χ0n) is 12.0. The van der Waals surface area contributed by atoms with Crippen molar-refractivity contribution < 1.29 is 4.74 Å². The molecular formula is C14H18BrN3OS. The lowest BCUT2D eigenvalue weighted by molar-refractivity contribution is 0.181. The Hall–Kier alpha value is -0.980. The van der Waals surface area contributed by atoms with Gasteiger partial charge in [0.1, 0.15) is 5.82 Å². The molecule has 0 atom stereocenters. The van der Waals surface area contributed by atoms with Crippen LogP contribution in [0.5, 0.6) is 0 Å². The minimum Gasteiger partial charge on any atom is -0.383 e. The molecule has 0 unspecified atom stereocenters. The van der Waals surface area contributed by atoms with E-state index in [1.807, 2.05) is 6.07 Å². The molecule has 108 valence electrons. The summed E-state index contributed by atoms with van der Waals surface area (Å²) >= 11 is 5.10. The van der Waals surface area contributed by atoms with Crippen LogP contribution in [-0.4, -0.2) is 17.1 Å². The maximum Gasteiger partial charge on any atom is 0.172 e. The van der Waals surface area contributed by atoms with Crippen LogP contribution in [0, 0.1) is 0 Å². The predicted octanol–water partition coefficient (Wildman–Crippen LogP) is 3.99. The van der Waals surface area contributed by atoms with Gasteiger partial charge in [0, 0.05) is 12.0 Å². The summed E-state index contributed by atoms with van der Waals surface area (Å²) in [7, 11) is 1.63. The van der Waals surface area contributed by atoms with Gasteiger partial charge in [0.15, 0.2) is 5.82 Å². The molecule has 6 heteroatoms. The minimum atomic E-state index is 0.124. The number of halogens is 1. The van der Waals surface area contributed by atoms with E-state index in [4.69, 9.17) is 10.5 Å². The van der Waals surface area contributed by atoms with E-state index < -0.39 is 0 Å². The molecule has 0 aliphatic heterocycles. The van der Waals surface area contributed by atoms with Crippen molar-refractivity contribution in [1.29, 1.82) is 0 Å². The molecule has 0 aliphatic rings. The third kappa shape index (κ3) is 3.19. The van der Waals surface area contributed by atoms with E-state index in [1.54, 1.807) is 18.4 Å². The van der Waals surface area contributed by atoms with Gasteiger partial charge in [0.05, 0.1) is 21.7 Å². The lowest BCUT2D eigenvalue weighted by Crippen LogP contribution is -2.07. The Bertz CT molecular complexity index is 619. The highest BCUT2D eigenvalue weighted by atomic mass is 79.9. The third-order valence-electron chi connectivity index (χ3n) is 2.79. The summed E-state index contributed by atoms with van der Waals surface area (Å²) in [6.07, 6.45) is 0. The fourth-order valence-corrected chi connectivity index (χ4v) is 3.01. The number of nitrogen functional groups attached to an aromatic ring is 1. The van der Waals surface area contributed by atoms with Gasteiger partial charge in [-0.15, -0.1) is 11.3 Å². The van der Waals surface area contributed by atoms with Gasteiger partial charge in [-0.2, -0.15) is 0 Å². The van der Waals surface area contributed by atoms with Crippen LogP contribution >= 0.6 is 27.3 Å². The van der Waals surface area contributed by atoms with E-state index in [0.29, 0.717) is 22.7 Å². The lowest BCUT2D eigenvalue weighted by atomic mass is 9.95. The highest BCUT2D eigenvalue weighted by Gasteiger charge is 2.18. The summed E-state index contributed by atoms with van der Waals surface area (Å²) < 4.78 is 5.85. The van der Waals surface area contributed by atoms with E-state index >= 15 is 0 Å². The highest BCUT2D eigenvalue weighted by molar-refractivity contribution is 9.10. The number of ether oxygens (including phenoxy) is 1. The van der Waals surface area contributed by atoms with E-state index in [9.17, 15) is 0 Å². The number of methoxy groups -OCH3 is 1. The minimum absolute atomic E-state index is 0.124. The topological polar surface area (TPSA) is 61.0 Å². The molecule has 2 aromatic heterocycles. The molecule has 20 heavy (non-hydrogen) atoms. The van der Waals surface area contributed by atoms with Crippen LogP contribution in [0.1, 0.15) is 31.3 Å². The van der Waals surface area contributed by atoms with Gasteiger partial charge in [-0.05, 0) is 33.5 Å². The molecule has 0 spiro atoms. The highest BCUT2D eigenvalue weighted by Crippen LogP contribution is 2.35. The van der Waals surface area contributed by atoms with Gasteiger partial charge in [-0.3, -0.25) is 0 Å². The first kappa shape index (κ1) is 15.4. The molecule has 2 heterocycles. The zero-order chi connectivity index (χ0) is 14.9. The van der Waals surface area contributed by atoms with Crippen LogP contribution in [0.15, 0.2) is 16.6 Å². The number of nitrogens with zero attached hydrogens (tertiary/aromatic N) is 2. The lowest BCUT2D eigenvalue weighted by Gasteiger charge is -2.15. The van der Waals surface area contributed by atoms with E-state index in [1.165, 1.54) is 4.88 Å². The number of nitrogens with two attached hydrogens (primary N) is 1. The second kappa shape index (κ2) is 5.79. The molecule has 0 bridgehead atoms. The summed E-state index contributed by atoms with van der Waals surface area (Å²) in [6.45, 7) is 6.97. The first-order valence-electron chi connectivity index (χ1n) is 6.24. The number of aromatic nitrogens is 2. The maximum atomic E-state index is 5.93. The van der Waals surface area contributed by atoms with Crippen molar-refractivity contribution in [2.45, 2.75) is 32.8 Å². The van der Waals surface area contributed by atoms with Gasteiger partial charge >= 0.3 is 0 Å². The molecule has 4 nitrogen and oxygen atoms in total. The monoisotopic (exact) mass is 355 g/mol. The molecule has 0 saturated heterocycles. The SMILES string of the molecule is COCc1nc(-c2ccc(C(C)(C)C)s2)nc(N)c1Br. The first-order chi connectivity index (χ1) is 9.32. The normalized spacial score (nSPS) is 11.8. The smallest absolute Gasteiger partial charge is 0.172 e. The summed E-state index contributed by atoms with van der Waals surface area (Å²) in [5, 5.41) is 0. The Balaban J connectivity index is 2.45. The van der Waals surface area contributed by atoms with E-state index in [2.05, 4.69) is 52.7 Å². The second-order valence-electron chi connectivity index (χ2n) is 5.54. The molecule has 2 rings (SSSR count). The van der Waals surface area contributed by atoms with Gasteiger partial charge in [0.25, 0.3) is 0 Å². The number of rotatable bonds is 3. The van der Waals surface area contributed by atoms with Gasteiger partial charge < -0.3 is 10.5 Å². The molecule has 2 N–H and O–H groups in total. The Morgan fingerprint density at radius 2 is 2.00 bits per heavy atom. The third-order valence-corrected chi connectivity index (χ3v) is 5.16. The van der Waals surface area contributed by atoms with Crippen molar-refractivity contribution >= 4 is 33.1 Å². The average Bonchev–Trinajstić information content (AvgIpc) is 2.84. The van der Waals surface area contributed by atoms with Crippen molar-refractivity contribution in [3.05, 3.63) is 27.2 Å². The predicted molar refractivity (Wildman–Crippen MR) is 86.9 cm³/mol. The molecule has 0 saturated carbocycles. The van der Waals surface area contributed by atoms with E-state index in [-0.39, 0.29) is 5.41 Å². The Morgan fingerprint density at radius 1 is 1.30 bits per heavy atom. The van der Waals surface area contributed by atoms with Crippen LogP contribution in [-0.2, 0) is 16.8 Å².